The van der Waals surface area contributed by atoms with Crippen LogP contribution in [0.4, 0.5) is 4.79 Å². The van der Waals surface area contributed by atoms with Crippen LogP contribution in [0.5, 0.6) is 0 Å². The quantitative estimate of drug-likeness (QED) is 0.617. The zero-order valence-electron chi connectivity index (χ0n) is 9.91. The second kappa shape index (κ2) is 4.14. The van der Waals surface area contributed by atoms with Crippen LogP contribution in [-0.4, -0.2) is 39.9 Å². The van der Waals surface area contributed by atoms with E-state index in [1.807, 2.05) is 6.07 Å². The number of rotatable bonds is 0. The molecular weight excluding hydrogens is 238 g/mol. The molecule has 0 N–H and O–H groups in total. The van der Waals surface area contributed by atoms with Crippen molar-refractivity contribution in [3.8, 4) is 6.07 Å². The van der Waals surface area contributed by atoms with Gasteiger partial charge in [0.2, 0.25) is 18.0 Å². The van der Waals surface area contributed by atoms with Gasteiger partial charge in [0.1, 0.15) is 12.1 Å². The summed E-state index contributed by atoms with van der Waals surface area (Å²) >= 11 is 0. The summed E-state index contributed by atoms with van der Waals surface area (Å²) in [6.07, 6.45) is 0.912. The van der Waals surface area contributed by atoms with Gasteiger partial charge in [-0.15, -0.1) is 0 Å². The molecule has 2 aliphatic heterocycles. The van der Waals surface area contributed by atoms with Gasteiger partial charge in [0, 0.05) is 13.8 Å². The fourth-order valence-corrected chi connectivity index (χ4v) is 2.18. The number of imide groups is 2. The first kappa shape index (κ1) is 12.1. The molecule has 1 saturated heterocycles. The molecule has 0 aromatic carbocycles. The number of carbonyl (C=O) groups is 3. The van der Waals surface area contributed by atoms with Crippen LogP contribution in [0.1, 0.15) is 20.3 Å². The van der Waals surface area contributed by atoms with Gasteiger partial charge in [-0.25, -0.2) is 9.69 Å². The van der Waals surface area contributed by atoms with Gasteiger partial charge in [0.25, 0.3) is 0 Å². The number of ether oxygens (including phenoxy) is 1. The number of amides is 4. The lowest BCUT2D eigenvalue weighted by Gasteiger charge is -2.28. The highest BCUT2D eigenvalue weighted by molar-refractivity contribution is 6.03. The highest BCUT2D eigenvalue weighted by Gasteiger charge is 2.52. The van der Waals surface area contributed by atoms with Crippen LogP contribution >= 0.6 is 0 Å². The van der Waals surface area contributed by atoms with Crippen LogP contribution in [0.25, 0.3) is 0 Å². The zero-order valence-corrected chi connectivity index (χ0v) is 9.91. The molecule has 4 amide bonds. The number of hydrogen-bond donors (Lipinski definition) is 0. The van der Waals surface area contributed by atoms with Crippen molar-refractivity contribution < 1.29 is 19.1 Å². The van der Waals surface area contributed by atoms with Gasteiger partial charge in [-0.1, -0.05) is 0 Å². The lowest BCUT2D eigenvalue weighted by Crippen LogP contribution is -2.43. The monoisotopic (exact) mass is 249 g/mol. The number of allylic oxidation sites excluding steroid dienone is 1. The molecular formula is C11H11N3O4. The third kappa shape index (κ3) is 1.62. The molecule has 0 bridgehead atoms. The van der Waals surface area contributed by atoms with E-state index < -0.39 is 30.1 Å². The highest BCUT2D eigenvalue weighted by atomic mass is 16.5. The van der Waals surface area contributed by atoms with E-state index in [-0.39, 0.29) is 5.76 Å². The van der Waals surface area contributed by atoms with Gasteiger partial charge in [-0.05, 0) is 12.5 Å². The van der Waals surface area contributed by atoms with Gasteiger partial charge in [-0.3, -0.25) is 14.5 Å². The molecule has 2 aliphatic rings. The summed E-state index contributed by atoms with van der Waals surface area (Å²) in [6.45, 7) is 2.47. The first-order valence-corrected chi connectivity index (χ1v) is 5.38. The smallest absolute Gasteiger partial charge is 0.336 e. The second-order valence-corrected chi connectivity index (χ2v) is 4.05. The van der Waals surface area contributed by atoms with Gasteiger partial charge in [0.15, 0.2) is 5.76 Å². The number of nitrogens with zero attached hydrogens (tertiary/aromatic N) is 3. The maximum Gasteiger partial charge on any atom is 0.336 e. The van der Waals surface area contributed by atoms with Gasteiger partial charge in [-0.2, -0.15) is 5.26 Å². The zero-order chi connectivity index (χ0) is 13.4. The Morgan fingerprint density at radius 1 is 1.39 bits per heavy atom. The van der Waals surface area contributed by atoms with Crippen molar-refractivity contribution in [3.05, 3.63) is 11.8 Å². The molecule has 7 heteroatoms. The van der Waals surface area contributed by atoms with Crippen molar-refractivity contribution in [2.45, 2.75) is 32.5 Å². The fourth-order valence-electron chi connectivity index (χ4n) is 2.18. The SMILES string of the molecule is CC(=O)N1C(=O)N(C(C)=O)[C@@H]2OC(C#N)=CC[C@H]21. The molecule has 94 valence electrons. The Bertz CT molecular complexity index is 505. The van der Waals surface area contributed by atoms with Crippen LogP contribution < -0.4 is 0 Å². The molecule has 2 rings (SSSR count). The fraction of sp³-hybridized carbons (Fsp3) is 0.455. The van der Waals surface area contributed by atoms with Crippen molar-refractivity contribution >= 4 is 17.8 Å². The number of urea groups is 1. The first-order valence-electron chi connectivity index (χ1n) is 5.38. The number of hydrogen-bond acceptors (Lipinski definition) is 5. The lowest BCUT2D eigenvalue weighted by atomic mass is 10.1. The minimum absolute atomic E-state index is 0.0562. The molecule has 0 unspecified atom stereocenters. The van der Waals surface area contributed by atoms with Crippen LogP contribution in [0.3, 0.4) is 0 Å². The normalized spacial score (nSPS) is 26.1. The second-order valence-electron chi connectivity index (χ2n) is 4.05. The Morgan fingerprint density at radius 3 is 2.50 bits per heavy atom. The molecule has 0 saturated carbocycles. The van der Waals surface area contributed by atoms with Crippen LogP contribution in [0.15, 0.2) is 11.8 Å². The Hall–Kier alpha value is -2.36. The molecule has 2 atom stereocenters. The first-order chi connectivity index (χ1) is 8.47. The number of fused-ring (bicyclic) bond motifs is 1. The van der Waals surface area contributed by atoms with Crippen molar-refractivity contribution in [1.82, 2.24) is 9.80 Å². The Labute approximate surface area is 103 Å². The van der Waals surface area contributed by atoms with Gasteiger partial charge >= 0.3 is 6.03 Å². The predicted octanol–water partition coefficient (Wildman–Crippen LogP) is 0.339. The molecule has 1 fully saturated rings. The molecule has 18 heavy (non-hydrogen) atoms. The molecule has 0 aromatic rings. The maximum atomic E-state index is 12.0. The molecule has 0 radical (unpaired) electrons. The molecule has 2 heterocycles. The summed E-state index contributed by atoms with van der Waals surface area (Å²) in [5.41, 5.74) is 0. The Kier molecular flexibility index (Phi) is 2.79. The average Bonchev–Trinajstić information content (AvgIpc) is 2.59. The van der Waals surface area contributed by atoms with Gasteiger partial charge in [0.05, 0.1) is 0 Å². The number of carbonyl (C=O) groups excluding carboxylic acids is 3. The summed E-state index contributed by atoms with van der Waals surface area (Å²) < 4.78 is 5.27. The predicted molar refractivity (Wildman–Crippen MR) is 57.4 cm³/mol. The van der Waals surface area contributed by atoms with Crippen LogP contribution in [-0.2, 0) is 14.3 Å². The molecule has 0 aromatic heterocycles. The molecule has 0 spiro atoms. The summed E-state index contributed by atoms with van der Waals surface area (Å²) in [4.78, 5) is 36.8. The summed E-state index contributed by atoms with van der Waals surface area (Å²) in [5, 5.41) is 8.76. The Balaban J connectivity index is 2.40. The standard InChI is InChI=1S/C11H11N3O4/c1-6(15)13-9-4-3-8(5-12)18-10(9)14(7(2)16)11(13)17/h3,9-10H,4H2,1-2H3/t9-,10-/m1/s1. The van der Waals surface area contributed by atoms with E-state index in [9.17, 15) is 14.4 Å². The molecule has 7 nitrogen and oxygen atoms in total. The highest BCUT2D eigenvalue weighted by Crippen LogP contribution is 2.31. The maximum absolute atomic E-state index is 12.0. The van der Waals surface area contributed by atoms with Crippen molar-refractivity contribution in [2.24, 2.45) is 0 Å². The summed E-state index contributed by atoms with van der Waals surface area (Å²) in [7, 11) is 0. The van der Waals surface area contributed by atoms with E-state index in [4.69, 9.17) is 10.00 Å². The van der Waals surface area contributed by atoms with E-state index in [0.29, 0.717) is 6.42 Å². The minimum Gasteiger partial charge on any atom is -0.458 e. The average molecular weight is 249 g/mol. The molecule has 0 aliphatic carbocycles. The third-order valence-corrected chi connectivity index (χ3v) is 2.91. The minimum atomic E-state index is -0.904. The third-order valence-electron chi connectivity index (χ3n) is 2.91. The van der Waals surface area contributed by atoms with E-state index >= 15 is 0 Å². The Morgan fingerprint density at radius 2 is 2.00 bits per heavy atom. The van der Waals surface area contributed by atoms with Crippen LogP contribution in [0.2, 0.25) is 0 Å². The topological polar surface area (TPSA) is 90.7 Å². The van der Waals surface area contributed by atoms with Crippen molar-refractivity contribution in [1.29, 1.82) is 5.26 Å². The van der Waals surface area contributed by atoms with E-state index in [2.05, 4.69) is 0 Å². The van der Waals surface area contributed by atoms with Crippen molar-refractivity contribution in [3.63, 3.8) is 0 Å². The number of nitriles is 1. The van der Waals surface area contributed by atoms with Crippen molar-refractivity contribution in [2.75, 3.05) is 0 Å². The summed E-state index contributed by atoms with van der Waals surface area (Å²) in [5.74, 6) is -0.908. The largest absolute Gasteiger partial charge is 0.458 e. The van der Waals surface area contributed by atoms with E-state index in [0.717, 1.165) is 9.80 Å². The summed E-state index contributed by atoms with van der Waals surface area (Å²) in [6, 6.07) is 0.565. The van der Waals surface area contributed by atoms with Crippen LogP contribution in [0, 0.1) is 11.3 Å². The van der Waals surface area contributed by atoms with E-state index in [1.165, 1.54) is 19.9 Å². The van der Waals surface area contributed by atoms with Gasteiger partial charge < -0.3 is 4.74 Å². The lowest BCUT2D eigenvalue weighted by molar-refractivity contribution is -0.134. The van der Waals surface area contributed by atoms with E-state index in [1.54, 1.807) is 0 Å².